The quantitative estimate of drug-likeness (QED) is 0.652. The minimum atomic E-state index is 0.273. The molecule has 1 amide bonds. The van der Waals surface area contributed by atoms with Crippen molar-refractivity contribution in [3.63, 3.8) is 0 Å². The monoisotopic (exact) mass is 221 g/mol. The SMILES string of the molecule is CCCC(=O)N(CC)CCBr. The minimum Gasteiger partial charge on any atom is -0.342 e. The van der Waals surface area contributed by atoms with Gasteiger partial charge in [0.25, 0.3) is 0 Å². The van der Waals surface area contributed by atoms with E-state index in [1.807, 2.05) is 18.7 Å². The van der Waals surface area contributed by atoms with Crippen molar-refractivity contribution in [2.75, 3.05) is 18.4 Å². The largest absolute Gasteiger partial charge is 0.342 e. The summed E-state index contributed by atoms with van der Waals surface area (Å²) in [5.74, 6) is 0.273. The highest BCUT2D eigenvalue weighted by Gasteiger charge is 2.07. The van der Waals surface area contributed by atoms with Crippen LogP contribution in [0.4, 0.5) is 0 Å². The number of amides is 1. The van der Waals surface area contributed by atoms with E-state index in [4.69, 9.17) is 0 Å². The number of alkyl halides is 1. The predicted octanol–water partition coefficient (Wildman–Crippen LogP) is 2.03. The molecule has 2 nitrogen and oxygen atoms in total. The Labute approximate surface area is 77.1 Å². The molecular weight excluding hydrogens is 206 g/mol. The topological polar surface area (TPSA) is 20.3 Å². The van der Waals surface area contributed by atoms with Crippen LogP contribution in [0.15, 0.2) is 0 Å². The molecule has 0 aromatic rings. The number of hydrogen-bond acceptors (Lipinski definition) is 1. The van der Waals surface area contributed by atoms with Crippen LogP contribution in [0.25, 0.3) is 0 Å². The molecule has 0 radical (unpaired) electrons. The molecule has 0 bridgehead atoms. The lowest BCUT2D eigenvalue weighted by molar-refractivity contribution is -0.130. The van der Waals surface area contributed by atoms with Crippen LogP contribution in [0.5, 0.6) is 0 Å². The Balaban J connectivity index is 3.71. The lowest BCUT2D eigenvalue weighted by Gasteiger charge is -2.18. The second-order valence-electron chi connectivity index (χ2n) is 2.41. The van der Waals surface area contributed by atoms with Gasteiger partial charge in [-0.1, -0.05) is 22.9 Å². The predicted molar refractivity (Wildman–Crippen MR) is 51.0 cm³/mol. The summed E-state index contributed by atoms with van der Waals surface area (Å²) in [7, 11) is 0. The Morgan fingerprint density at radius 3 is 2.45 bits per heavy atom. The fourth-order valence-corrected chi connectivity index (χ4v) is 1.36. The molecule has 0 aromatic carbocycles. The summed E-state index contributed by atoms with van der Waals surface area (Å²) in [6.07, 6.45) is 1.62. The maximum atomic E-state index is 11.3. The van der Waals surface area contributed by atoms with Gasteiger partial charge < -0.3 is 4.90 Å². The highest BCUT2D eigenvalue weighted by atomic mass is 79.9. The number of carbonyl (C=O) groups is 1. The number of hydrogen-bond donors (Lipinski definition) is 0. The maximum Gasteiger partial charge on any atom is 0.222 e. The first-order valence-corrected chi connectivity index (χ1v) is 5.22. The number of carbonyl (C=O) groups excluding carboxylic acids is 1. The van der Waals surface area contributed by atoms with Crippen LogP contribution >= 0.6 is 15.9 Å². The maximum absolute atomic E-state index is 11.3. The zero-order chi connectivity index (χ0) is 8.69. The van der Waals surface area contributed by atoms with Gasteiger partial charge in [0.1, 0.15) is 0 Å². The standard InChI is InChI=1S/C8H16BrNO/c1-3-5-8(11)10(4-2)7-6-9/h3-7H2,1-2H3. The molecule has 0 aliphatic carbocycles. The van der Waals surface area contributed by atoms with E-state index >= 15 is 0 Å². The third-order valence-corrected chi connectivity index (χ3v) is 1.91. The summed E-state index contributed by atoms with van der Waals surface area (Å²) in [4.78, 5) is 13.1. The van der Waals surface area contributed by atoms with E-state index in [9.17, 15) is 4.79 Å². The molecule has 0 spiro atoms. The smallest absolute Gasteiger partial charge is 0.222 e. The summed E-state index contributed by atoms with van der Waals surface area (Å²) in [6, 6.07) is 0. The Morgan fingerprint density at radius 1 is 1.45 bits per heavy atom. The Kier molecular flexibility index (Phi) is 6.62. The summed E-state index contributed by atoms with van der Waals surface area (Å²) in [5, 5.41) is 0.871. The molecule has 0 N–H and O–H groups in total. The summed E-state index contributed by atoms with van der Waals surface area (Å²) in [5.41, 5.74) is 0. The molecule has 66 valence electrons. The van der Waals surface area contributed by atoms with Crippen LogP contribution in [0, 0.1) is 0 Å². The third kappa shape index (κ3) is 4.40. The third-order valence-electron chi connectivity index (χ3n) is 1.55. The molecule has 3 heteroatoms. The highest BCUT2D eigenvalue weighted by Crippen LogP contribution is 1.97. The van der Waals surface area contributed by atoms with Crippen molar-refractivity contribution in [1.82, 2.24) is 4.90 Å². The Morgan fingerprint density at radius 2 is 2.09 bits per heavy atom. The molecule has 0 aliphatic heterocycles. The highest BCUT2D eigenvalue weighted by molar-refractivity contribution is 9.09. The van der Waals surface area contributed by atoms with Crippen molar-refractivity contribution >= 4 is 21.8 Å². The lowest BCUT2D eigenvalue weighted by atomic mass is 10.3. The van der Waals surface area contributed by atoms with Crippen molar-refractivity contribution in [1.29, 1.82) is 0 Å². The lowest BCUT2D eigenvalue weighted by Crippen LogP contribution is -2.32. The van der Waals surface area contributed by atoms with Gasteiger partial charge in [0.05, 0.1) is 0 Å². The molecule has 0 fully saturated rings. The van der Waals surface area contributed by atoms with Gasteiger partial charge in [-0.3, -0.25) is 4.79 Å². The van der Waals surface area contributed by atoms with Crippen LogP contribution in [-0.2, 0) is 4.79 Å². The van der Waals surface area contributed by atoms with Crippen LogP contribution in [0.3, 0.4) is 0 Å². The first-order chi connectivity index (χ1) is 5.26. The zero-order valence-corrected chi connectivity index (χ0v) is 8.85. The molecular formula is C8H16BrNO. The fraction of sp³-hybridized carbons (Fsp3) is 0.875. The molecule has 0 unspecified atom stereocenters. The molecule has 0 atom stereocenters. The van der Waals surface area contributed by atoms with Crippen LogP contribution < -0.4 is 0 Å². The summed E-state index contributed by atoms with van der Waals surface area (Å²) >= 11 is 3.32. The minimum absolute atomic E-state index is 0.273. The molecule has 0 heterocycles. The van der Waals surface area contributed by atoms with Crippen molar-refractivity contribution < 1.29 is 4.79 Å². The molecule has 0 aliphatic rings. The van der Waals surface area contributed by atoms with Crippen molar-refractivity contribution in [2.24, 2.45) is 0 Å². The Hall–Kier alpha value is -0.0500. The van der Waals surface area contributed by atoms with Gasteiger partial charge in [0.2, 0.25) is 5.91 Å². The fourth-order valence-electron chi connectivity index (χ4n) is 0.933. The number of rotatable bonds is 5. The second kappa shape index (κ2) is 6.65. The van der Waals surface area contributed by atoms with E-state index < -0.39 is 0 Å². The molecule has 0 aromatic heterocycles. The van der Waals surface area contributed by atoms with Crippen molar-refractivity contribution in [2.45, 2.75) is 26.7 Å². The number of halogens is 1. The molecule has 0 rings (SSSR count). The molecule has 0 saturated heterocycles. The zero-order valence-electron chi connectivity index (χ0n) is 7.27. The van der Waals surface area contributed by atoms with E-state index in [1.165, 1.54) is 0 Å². The van der Waals surface area contributed by atoms with Crippen molar-refractivity contribution in [3.05, 3.63) is 0 Å². The van der Waals surface area contributed by atoms with Crippen LogP contribution in [-0.4, -0.2) is 29.2 Å². The summed E-state index contributed by atoms with van der Waals surface area (Å²) in [6.45, 7) is 5.69. The molecule has 0 saturated carbocycles. The second-order valence-corrected chi connectivity index (χ2v) is 3.21. The van der Waals surface area contributed by atoms with Gasteiger partial charge in [0, 0.05) is 24.8 Å². The first-order valence-electron chi connectivity index (χ1n) is 4.10. The van der Waals surface area contributed by atoms with Gasteiger partial charge >= 0.3 is 0 Å². The Bertz CT molecular complexity index is 117. The van der Waals surface area contributed by atoms with E-state index in [2.05, 4.69) is 15.9 Å². The van der Waals surface area contributed by atoms with E-state index in [0.717, 1.165) is 24.8 Å². The van der Waals surface area contributed by atoms with Crippen LogP contribution in [0.2, 0.25) is 0 Å². The van der Waals surface area contributed by atoms with E-state index in [0.29, 0.717) is 6.42 Å². The average molecular weight is 222 g/mol. The van der Waals surface area contributed by atoms with Gasteiger partial charge in [-0.2, -0.15) is 0 Å². The van der Waals surface area contributed by atoms with Gasteiger partial charge in [0.15, 0.2) is 0 Å². The number of nitrogens with zero attached hydrogens (tertiary/aromatic N) is 1. The summed E-state index contributed by atoms with van der Waals surface area (Å²) < 4.78 is 0. The normalized spacial score (nSPS) is 9.73. The van der Waals surface area contributed by atoms with Gasteiger partial charge in [-0.15, -0.1) is 0 Å². The van der Waals surface area contributed by atoms with Crippen molar-refractivity contribution in [3.8, 4) is 0 Å². The van der Waals surface area contributed by atoms with E-state index in [-0.39, 0.29) is 5.91 Å². The first kappa shape index (κ1) is 11.0. The average Bonchev–Trinajstić information content (AvgIpc) is 2.00. The van der Waals surface area contributed by atoms with Crippen LogP contribution in [0.1, 0.15) is 26.7 Å². The van der Waals surface area contributed by atoms with Gasteiger partial charge in [-0.05, 0) is 13.3 Å². The van der Waals surface area contributed by atoms with E-state index in [1.54, 1.807) is 0 Å². The van der Waals surface area contributed by atoms with Gasteiger partial charge in [-0.25, -0.2) is 0 Å². The molecule has 11 heavy (non-hydrogen) atoms.